The number of ether oxygens (including phenoxy) is 2. The number of nitrogens with one attached hydrogen (secondary N) is 4. The zero-order valence-corrected chi connectivity index (χ0v) is 47.6. The van der Waals surface area contributed by atoms with Gasteiger partial charge in [-0.2, -0.15) is 0 Å². The van der Waals surface area contributed by atoms with Crippen molar-refractivity contribution in [2.24, 2.45) is 5.92 Å². The Bertz CT molecular complexity index is 3400. The predicted octanol–water partition coefficient (Wildman–Crippen LogP) is 12.3. The number of likely N-dealkylation sites (tertiary alicyclic amines) is 2. The molecule has 3 aliphatic rings. The van der Waals surface area contributed by atoms with Gasteiger partial charge in [0.1, 0.15) is 18.7 Å². The molecule has 1 saturated carbocycles. The molecule has 6 amide bonds. The van der Waals surface area contributed by atoms with Crippen molar-refractivity contribution in [3.8, 4) is 0 Å². The van der Waals surface area contributed by atoms with Crippen molar-refractivity contribution in [1.29, 1.82) is 0 Å². The number of anilines is 4. The highest BCUT2D eigenvalue weighted by atomic mass is 16.6. The van der Waals surface area contributed by atoms with Crippen molar-refractivity contribution in [3.63, 3.8) is 0 Å². The first-order valence-electron chi connectivity index (χ1n) is 28.5. The minimum Gasteiger partial charge on any atom is -0.445 e. The third kappa shape index (κ3) is 18.0. The minimum atomic E-state index is -0.716. The number of aromatic nitrogens is 1. The maximum absolute atomic E-state index is 13.4. The molecular formula is C69H71N7O8. The molecule has 0 spiro atoms. The summed E-state index contributed by atoms with van der Waals surface area (Å²) >= 11 is 0. The molecule has 0 unspecified atom stereocenters. The largest absolute Gasteiger partial charge is 0.445 e. The Morgan fingerprint density at radius 1 is 0.524 bits per heavy atom. The molecule has 10 rings (SSSR count). The lowest BCUT2D eigenvalue weighted by Crippen LogP contribution is -2.43. The summed E-state index contributed by atoms with van der Waals surface area (Å²) in [5.74, 6) is -0.292. The van der Waals surface area contributed by atoms with Gasteiger partial charge in [0.05, 0.1) is 31.1 Å². The SMILES string of the molecule is CC(C)(C)O[C@@H]1C[C@@H](C(=O)Nc2ccc(/C=C/c3ccc(NC(=O)C4CC4)cc3)cc2)N(C(=O)OCc2ccccc2)C1.O=C(Cc1ccccc1)Nc1ccc(/C=C/c2ccc(NC(=O)[C@@H]3CCCN3C(=O)Cc3cccnc3)cc2)cc1. The molecule has 1 aromatic heterocycles. The van der Waals surface area contributed by atoms with Crippen LogP contribution >= 0.6 is 0 Å². The van der Waals surface area contributed by atoms with Gasteiger partial charge >= 0.3 is 6.09 Å². The average molecular weight is 1130 g/mol. The molecule has 6 aromatic carbocycles. The number of amides is 6. The average Bonchev–Trinajstić information content (AvgIpc) is 3.70. The van der Waals surface area contributed by atoms with Crippen LogP contribution in [0.5, 0.6) is 0 Å². The Balaban J connectivity index is 0.000000202. The van der Waals surface area contributed by atoms with Gasteiger partial charge in [-0.15, -0.1) is 0 Å². The maximum atomic E-state index is 13.4. The van der Waals surface area contributed by atoms with E-state index in [9.17, 15) is 28.8 Å². The molecule has 84 heavy (non-hydrogen) atoms. The molecule has 15 heteroatoms. The number of rotatable bonds is 18. The zero-order valence-electron chi connectivity index (χ0n) is 47.6. The highest BCUT2D eigenvalue weighted by molar-refractivity contribution is 5.99. The number of benzene rings is 6. The van der Waals surface area contributed by atoms with Crippen molar-refractivity contribution in [2.45, 2.75) is 96.1 Å². The first-order valence-corrected chi connectivity index (χ1v) is 28.5. The summed E-state index contributed by atoms with van der Waals surface area (Å²) in [4.78, 5) is 83.8. The van der Waals surface area contributed by atoms with Gasteiger partial charge in [-0.25, -0.2) is 4.79 Å². The molecule has 3 heterocycles. The summed E-state index contributed by atoms with van der Waals surface area (Å²) in [5, 5.41) is 11.8. The predicted molar refractivity (Wildman–Crippen MR) is 330 cm³/mol. The van der Waals surface area contributed by atoms with E-state index in [4.69, 9.17) is 9.47 Å². The topological polar surface area (TPSA) is 188 Å². The van der Waals surface area contributed by atoms with Gasteiger partial charge in [0.25, 0.3) is 0 Å². The summed E-state index contributed by atoms with van der Waals surface area (Å²) in [6.07, 6.45) is 14.9. The number of pyridine rings is 1. The molecule has 2 saturated heterocycles. The highest BCUT2D eigenvalue weighted by Gasteiger charge is 2.42. The quantitative estimate of drug-likeness (QED) is 0.0606. The van der Waals surface area contributed by atoms with Crippen LogP contribution in [0.4, 0.5) is 27.5 Å². The molecule has 7 aromatic rings. The molecule has 1 aliphatic carbocycles. The van der Waals surface area contributed by atoms with E-state index in [1.165, 1.54) is 4.90 Å². The van der Waals surface area contributed by atoms with Crippen LogP contribution in [-0.4, -0.2) is 87.3 Å². The van der Waals surface area contributed by atoms with Crippen LogP contribution in [0, 0.1) is 5.92 Å². The third-order valence-corrected chi connectivity index (χ3v) is 14.3. The van der Waals surface area contributed by atoms with E-state index in [1.807, 2.05) is 209 Å². The number of carbonyl (C=O) groups is 6. The minimum absolute atomic E-state index is 0.0522. The van der Waals surface area contributed by atoms with Crippen molar-refractivity contribution >= 4 is 82.7 Å². The number of nitrogens with zero attached hydrogens (tertiary/aromatic N) is 3. The lowest BCUT2D eigenvalue weighted by Gasteiger charge is -2.25. The van der Waals surface area contributed by atoms with Gasteiger partial charge in [0.15, 0.2) is 0 Å². The van der Waals surface area contributed by atoms with E-state index in [1.54, 1.807) is 23.4 Å². The van der Waals surface area contributed by atoms with Crippen LogP contribution in [0.15, 0.2) is 182 Å². The Kier molecular flexibility index (Phi) is 20.1. The molecule has 0 bridgehead atoms. The summed E-state index contributed by atoms with van der Waals surface area (Å²) in [5.41, 5.74) is 9.12. The van der Waals surface area contributed by atoms with Crippen molar-refractivity contribution in [2.75, 3.05) is 34.4 Å². The van der Waals surface area contributed by atoms with Crippen molar-refractivity contribution in [1.82, 2.24) is 14.8 Å². The van der Waals surface area contributed by atoms with Crippen molar-refractivity contribution in [3.05, 3.63) is 221 Å². The fourth-order valence-corrected chi connectivity index (χ4v) is 9.87. The van der Waals surface area contributed by atoms with Crippen molar-refractivity contribution < 1.29 is 38.2 Å². The first-order chi connectivity index (χ1) is 40.7. The fourth-order valence-electron chi connectivity index (χ4n) is 9.87. The van der Waals surface area contributed by atoms with Crippen LogP contribution in [0.1, 0.15) is 91.8 Å². The molecule has 430 valence electrons. The summed E-state index contributed by atoms with van der Waals surface area (Å²) in [6.45, 7) is 6.87. The maximum Gasteiger partial charge on any atom is 0.410 e. The number of carbonyl (C=O) groups excluding carboxylic acids is 6. The Labute approximate surface area is 491 Å². The highest BCUT2D eigenvalue weighted by Crippen LogP contribution is 2.31. The lowest BCUT2D eigenvalue weighted by molar-refractivity contribution is -0.136. The standard InChI is InChI=1S/C35H39N3O5.C34H32N4O3/c1-35(2,3)43-30-21-31(38(22-30)34(41)42-23-26-7-5-4-6-8-26)33(40)37-29-19-13-25(14-20-29)10-9-24-11-17-28(18-12-24)36-32(39)27-15-16-27;39-32(22-27-6-2-1-3-7-27)36-29-16-12-25(13-17-29)10-11-26-14-18-30(19-15-26)37-34(41)31-9-5-21-38(31)33(40)23-28-8-4-20-35-24-28/h4-14,17-20,27,30-31H,15-16,21-23H2,1-3H3,(H,36,39)(H,37,40);1-4,6-8,10-20,24,31H,5,9,21-23H2,(H,36,39)(H,37,41)/b10-9+;11-10+/t30-,31+;31-/m10/s1. The van der Waals surface area contributed by atoms with Gasteiger partial charge < -0.3 is 35.6 Å². The molecular weight excluding hydrogens is 1050 g/mol. The summed E-state index contributed by atoms with van der Waals surface area (Å²) in [6, 6.07) is 52.1. The van der Waals surface area contributed by atoms with Gasteiger partial charge in [0, 0.05) is 54.0 Å². The molecule has 4 N–H and O–H groups in total. The normalized spacial score (nSPS) is 16.6. The summed E-state index contributed by atoms with van der Waals surface area (Å²) < 4.78 is 11.7. The Morgan fingerprint density at radius 3 is 1.49 bits per heavy atom. The Hall–Kier alpha value is -9.47. The number of hydrogen-bond donors (Lipinski definition) is 4. The van der Waals surface area contributed by atoms with Crippen LogP contribution in [0.2, 0.25) is 0 Å². The van der Waals surface area contributed by atoms with Crippen LogP contribution < -0.4 is 21.3 Å². The van der Waals surface area contributed by atoms with E-state index in [-0.39, 0.29) is 61.1 Å². The van der Waals surface area contributed by atoms with Gasteiger partial charge in [-0.1, -0.05) is 140 Å². The monoisotopic (exact) mass is 1130 g/mol. The first kappa shape index (κ1) is 59.2. The second-order valence-electron chi connectivity index (χ2n) is 22.2. The van der Waals surface area contributed by atoms with E-state index in [2.05, 4.69) is 26.3 Å². The third-order valence-electron chi connectivity index (χ3n) is 14.3. The van der Waals surface area contributed by atoms with Gasteiger partial charge in [0.2, 0.25) is 29.5 Å². The molecule has 2 aliphatic heterocycles. The zero-order chi connectivity index (χ0) is 58.8. The number of hydrogen-bond acceptors (Lipinski definition) is 9. The summed E-state index contributed by atoms with van der Waals surface area (Å²) in [7, 11) is 0. The van der Waals surface area contributed by atoms with E-state index < -0.39 is 23.8 Å². The van der Waals surface area contributed by atoms with E-state index in [0.29, 0.717) is 37.2 Å². The van der Waals surface area contributed by atoms with Crippen LogP contribution in [0.25, 0.3) is 24.3 Å². The lowest BCUT2D eigenvalue weighted by atomic mass is 10.1. The van der Waals surface area contributed by atoms with Crippen LogP contribution in [0.3, 0.4) is 0 Å². The molecule has 15 nitrogen and oxygen atoms in total. The second kappa shape index (κ2) is 28.5. The molecule has 0 radical (unpaired) electrons. The van der Waals surface area contributed by atoms with Gasteiger partial charge in [-0.3, -0.25) is 33.9 Å². The molecule has 3 fully saturated rings. The molecule has 3 atom stereocenters. The Morgan fingerprint density at radius 2 is 1.00 bits per heavy atom. The smallest absolute Gasteiger partial charge is 0.410 e. The van der Waals surface area contributed by atoms with E-state index in [0.717, 1.165) is 69.6 Å². The fraction of sp³-hybridized carbons (Fsp3) is 0.261. The van der Waals surface area contributed by atoms with E-state index >= 15 is 0 Å². The van der Waals surface area contributed by atoms with Crippen LogP contribution in [-0.2, 0) is 52.9 Å². The van der Waals surface area contributed by atoms with Gasteiger partial charge in [-0.05, 0) is 140 Å². The second-order valence-corrected chi connectivity index (χ2v) is 22.2.